The van der Waals surface area contributed by atoms with Crippen LogP contribution in [0.25, 0.3) is 0 Å². The Bertz CT molecular complexity index is 778. The Morgan fingerprint density at radius 3 is 2.40 bits per heavy atom. The molecular weight excluding hydrogens is 278 g/mol. The van der Waals surface area contributed by atoms with Gasteiger partial charge in [0, 0.05) is 19.8 Å². The molecule has 0 radical (unpaired) electrons. The molecule has 0 spiro atoms. The summed E-state index contributed by atoms with van der Waals surface area (Å²) in [6.07, 6.45) is 0. The summed E-state index contributed by atoms with van der Waals surface area (Å²) in [5.74, 6) is -1.13. The third kappa shape index (κ3) is 2.35. The van der Waals surface area contributed by atoms with Crippen molar-refractivity contribution in [1.82, 2.24) is 9.13 Å². The smallest absolute Gasteiger partial charge is 0.270 e. The Balaban J connectivity index is 2.51. The van der Waals surface area contributed by atoms with Gasteiger partial charge in [-0.3, -0.25) is 18.7 Å². The van der Waals surface area contributed by atoms with Gasteiger partial charge in [-0.05, 0) is 24.4 Å². The maximum Gasteiger partial charge on any atom is 0.270 e. The number of nitrogens with zero attached hydrogens (tertiary/aromatic N) is 2. The first-order chi connectivity index (χ1) is 9.43. The highest BCUT2D eigenvalue weighted by atomic mass is 32.1. The highest BCUT2D eigenvalue weighted by molar-refractivity contribution is 7.71. The summed E-state index contributed by atoms with van der Waals surface area (Å²) in [5.41, 5.74) is -0.449. The van der Waals surface area contributed by atoms with Gasteiger partial charge in [0.05, 0.1) is 0 Å². The minimum atomic E-state index is -0.681. The van der Waals surface area contributed by atoms with Crippen molar-refractivity contribution < 1.29 is 9.90 Å². The Hall–Kier alpha value is -2.41. The van der Waals surface area contributed by atoms with E-state index >= 15 is 0 Å². The highest BCUT2D eigenvalue weighted by Gasteiger charge is 2.20. The van der Waals surface area contributed by atoms with Crippen molar-refractivity contribution in [3.8, 4) is 5.88 Å². The summed E-state index contributed by atoms with van der Waals surface area (Å²) < 4.78 is 2.47. The van der Waals surface area contributed by atoms with Crippen molar-refractivity contribution >= 4 is 23.8 Å². The van der Waals surface area contributed by atoms with Gasteiger partial charge in [0.15, 0.2) is 10.3 Å². The van der Waals surface area contributed by atoms with Gasteiger partial charge in [0.2, 0.25) is 5.88 Å². The van der Waals surface area contributed by atoms with E-state index in [1.165, 1.54) is 18.7 Å². The lowest BCUT2D eigenvalue weighted by atomic mass is 10.2. The van der Waals surface area contributed by atoms with Gasteiger partial charge in [0.25, 0.3) is 11.5 Å². The summed E-state index contributed by atoms with van der Waals surface area (Å²) in [7, 11) is 2.93. The van der Waals surface area contributed by atoms with E-state index in [9.17, 15) is 14.7 Å². The van der Waals surface area contributed by atoms with Gasteiger partial charge in [-0.2, -0.15) is 0 Å². The second-order valence-electron chi connectivity index (χ2n) is 4.22. The first-order valence-electron chi connectivity index (χ1n) is 5.79. The van der Waals surface area contributed by atoms with Crippen LogP contribution in [0.3, 0.4) is 0 Å². The van der Waals surface area contributed by atoms with E-state index in [0.717, 1.165) is 4.57 Å². The minimum absolute atomic E-state index is 0.128. The fourth-order valence-corrected chi connectivity index (χ4v) is 1.92. The van der Waals surface area contributed by atoms with Crippen LogP contribution in [0.2, 0.25) is 0 Å². The van der Waals surface area contributed by atoms with Crippen LogP contribution < -0.4 is 10.9 Å². The fraction of sp³-hybridized carbons (Fsp3) is 0.154. The Morgan fingerprint density at radius 2 is 1.80 bits per heavy atom. The normalized spacial score (nSPS) is 10.3. The summed E-state index contributed by atoms with van der Waals surface area (Å²) in [5, 5.41) is 12.5. The second-order valence-corrected chi connectivity index (χ2v) is 4.59. The topological polar surface area (TPSA) is 76.3 Å². The molecule has 0 saturated carbocycles. The number of para-hydroxylation sites is 1. The van der Waals surface area contributed by atoms with Crippen molar-refractivity contribution in [1.29, 1.82) is 0 Å². The number of benzene rings is 1. The fourth-order valence-electron chi connectivity index (χ4n) is 1.75. The Morgan fingerprint density at radius 1 is 1.20 bits per heavy atom. The molecule has 0 fully saturated rings. The summed E-state index contributed by atoms with van der Waals surface area (Å²) >= 11 is 4.98. The number of amides is 1. The average Bonchev–Trinajstić information content (AvgIpc) is 2.44. The molecule has 0 bridgehead atoms. The largest absolute Gasteiger partial charge is 0.494 e. The van der Waals surface area contributed by atoms with Crippen LogP contribution >= 0.6 is 12.2 Å². The van der Waals surface area contributed by atoms with Gasteiger partial charge in [-0.15, -0.1) is 0 Å². The van der Waals surface area contributed by atoms with Crippen molar-refractivity contribution in [3.63, 3.8) is 0 Å². The number of hydrogen-bond donors (Lipinski definition) is 2. The van der Waals surface area contributed by atoms with Crippen LogP contribution in [0.5, 0.6) is 5.88 Å². The molecule has 0 aliphatic rings. The number of carbonyl (C=O) groups excluding carboxylic acids is 1. The lowest BCUT2D eigenvalue weighted by molar-refractivity contribution is 0.102. The van der Waals surface area contributed by atoms with Crippen molar-refractivity contribution in [2.75, 3.05) is 5.32 Å². The zero-order valence-corrected chi connectivity index (χ0v) is 11.8. The standard InChI is InChI=1S/C13H13N3O3S/c1-15-11(18)9(12(19)16(2)13(15)20)10(17)14-8-6-4-3-5-7-8/h3-7,18H,1-2H3,(H,14,17). The third-order valence-corrected chi connectivity index (χ3v) is 3.44. The van der Waals surface area contributed by atoms with Gasteiger partial charge in [-0.1, -0.05) is 18.2 Å². The van der Waals surface area contributed by atoms with Crippen molar-refractivity contribution in [3.05, 3.63) is 51.0 Å². The molecule has 2 rings (SSSR count). The Kier molecular flexibility index (Phi) is 3.71. The number of rotatable bonds is 2. The molecule has 7 heteroatoms. The van der Waals surface area contributed by atoms with E-state index in [1.807, 2.05) is 0 Å². The Labute approximate surface area is 119 Å². The van der Waals surface area contributed by atoms with E-state index in [-0.39, 0.29) is 10.3 Å². The molecule has 1 amide bonds. The number of hydrogen-bond acceptors (Lipinski definition) is 4. The summed E-state index contributed by atoms with van der Waals surface area (Å²) in [4.78, 5) is 24.2. The molecule has 1 aromatic heterocycles. The van der Waals surface area contributed by atoms with Crippen molar-refractivity contribution in [2.45, 2.75) is 0 Å². The van der Waals surface area contributed by atoms with Gasteiger partial charge in [-0.25, -0.2) is 0 Å². The highest BCUT2D eigenvalue weighted by Crippen LogP contribution is 2.14. The maximum atomic E-state index is 12.1. The minimum Gasteiger partial charge on any atom is -0.494 e. The molecule has 2 aromatic rings. The molecule has 20 heavy (non-hydrogen) atoms. The predicted octanol–water partition coefficient (Wildman–Crippen LogP) is 1.41. The first kappa shape index (κ1) is 14.0. The number of anilines is 1. The van der Waals surface area contributed by atoms with E-state index in [1.54, 1.807) is 30.3 Å². The molecule has 0 aliphatic carbocycles. The molecule has 2 N–H and O–H groups in total. The maximum absolute atomic E-state index is 12.1. The van der Waals surface area contributed by atoms with E-state index in [4.69, 9.17) is 12.2 Å². The SMILES string of the molecule is Cn1c(O)c(C(=O)Nc2ccccc2)c(=O)n(C)c1=S. The van der Waals surface area contributed by atoms with Crippen LogP contribution in [-0.4, -0.2) is 20.1 Å². The number of aromatic hydroxyl groups is 1. The van der Waals surface area contributed by atoms with Crippen LogP contribution in [0, 0.1) is 4.77 Å². The molecule has 0 atom stereocenters. The number of nitrogens with one attached hydrogen (secondary N) is 1. The number of aromatic nitrogens is 2. The summed E-state index contributed by atoms with van der Waals surface area (Å²) in [6.45, 7) is 0. The van der Waals surface area contributed by atoms with E-state index in [2.05, 4.69) is 5.32 Å². The molecule has 6 nitrogen and oxygen atoms in total. The predicted molar refractivity (Wildman–Crippen MR) is 77.5 cm³/mol. The lowest BCUT2D eigenvalue weighted by Crippen LogP contribution is -2.30. The summed E-state index contributed by atoms with van der Waals surface area (Å²) in [6, 6.07) is 8.67. The van der Waals surface area contributed by atoms with Gasteiger partial charge < -0.3 is 10.4 Å². The van der Waals surface area contributed by atoms with Crippen LogP contribution in [0.15, 0.2) is 35.1 Å². The van der Waals surface area contributed by atoms with Gasteiger partial charge in [0.1, 0.15) is 0 Å². The monoisotopic (exact) mass is 291 g/mol. The molecule has 0 aliphatic heterocycles. The molecule has 1 aromatic carbocycles. The molecule has 1 heterocycles. The number of carbonyl (C=O) groups is 1. The van der Waals surface area contributed by atoms with E-state index in [0.29, 0.717) is 5.69 Å². The zero-order valence-electron chi connectivity index (χ0n) is 11.0. The van der Waals surface area contributed by atoms with Crippen LogP contribution in [0.1, 0.15) is 10.4 Å². The lowest BCUT2D eigenvalue weighted by Gasteiger charge is -2.11. The molecule has 0 saturated heterocycles. The third-order valence-electron chi connectivity index (χ3n) is 2.89. The second kappa shape index (κ2) is 5.30. The van der Waals surface area contributed by atoms with Crippen LogP contribution in [-0.2, 0) is 14.1 Å². The zero-order chi connectivity index (χ0) is 14.9. The molecule has 104 valence electrons. The average molecular weight is 291 g/mol. The van der Waals surface area contributed by atoms with Gasteiger partial charge >= 0.3 is 0 Å². The van der Waals surface area contributed by atoms with Crippen LogP contribution in [0.4, 0.5) is 5.69 Å². The van der Waals surface area contributed by atoms with Crippen molar-refractivity contribution in [2.24, 2.45) is 14.1 Å². The molecule has 0 unspecified atom stereocenters. The van der Waals surface area contributed by atoms with E-state index < -0.39 is 17.3 Å². The quantitative estimate of drug-likeness (QED) is 0.820. The first-order valence-corrected chi connectivity index (χ1v) is 6.19. The molecular formula is C13H13N3O3S.